The van der Waals surface area contributed by atoms with Gasteiger partial charge in [-0.1, -0.05) is 0 Å². The topological polar surface area (TPSA) is 101 Å². The molecule has 1 saturated heterocycles. The van der Waals surface area contributed by atoms with Crippen molar-refractivity contribution in [1.82, 2.24) is 14.7 Å². The second-order valence-corrected chi connectivity index (χ2v) is 10.7. The van der Waals surface area contributed by atoms with Crippen LogP contribution in [0.4, 0.5) is 5.69 Å². The lowest BCUT2D eigenvalue weighted by Crippen LogP contribution is -2.44. The predicted molar refractivity (Wildman–Crippen MR) is 111 cm³/mol. The zero-order valence-electron chi connectivity index (χ0n) is 16.6. The SMILES string of the molecule is O=C(Nc1ccc(C(=O)N2CCS(=O)(=O)CC2)c(-n2ccc(C3CC3)n2)c1)C1CC1. The van der Waals surface area contributed by atoms with Crippen molar-refractivity contribution in [3.8, 4) is 5.69 Å². The first-order valence-corrected chi connectivity index (χ1v) is 12.2. The van der Waals surface area contributed by atoms with Gasteiger partial charge in [0.2, 0.25) is 5.91 Å². The number of hydrogen-bond acceptors (Lipinski definition) is 5. The number of amides is 2. The van der Waals surface area contributed by atoms with E-state index >= 15 is 0 Å². The molecule has 30 heavy (non-hydrogen) atoms. The number of carbonyl (C=O) groups is 2. The highest BCUT2D eigenvalue weighted by molar-refractivity contribution is 7.91. The summed E-state index contributed by atoms with van der Waals surface area (Å²) in [6.07, 6.45) is 5.92. The summed E-state index contributed by atoms with van der Waals surface area (Å²) in [7, 11) is -3.07. The normalized spacial score (nSPS) is 20.7. The Hall–Kier alpha value is -2.68. The number of nitrogens with one attached hydrogen (secondary N) is 1. The van der Waals surface area contributed by atoms with Crippen LogP contribution in [0.3, 0.4) is 0 Å². The van der Waals surface area contributed by atoms with E-state index in [1.807, 2.05) is 12.3 Å². The van der Waals surface area contributed by atoms with Crippen LogP contribution in [-0.4, -0.2) is 59.5 Å². The molecule has 2 amide bonds. The van der Waals surface area contributed by atoms with Crippen molar-refractivity contribution in [1.29, 1.82) is 0 Å². The lowest BCUT2D eigenvalue weighted by atomic mass is 10.1. The van der Waals surface area contributed by atoms with Crippen molar-refractivity contribution >= 4 is 27.3 Å². The smallest absolute Gasteiger partial charge is 0.256 e. The zero-order chi connectivity index (χ0) is 20.9. The number of anilines is 1. The van der Waals surface area contributed by atoms with E-state index in [9.17, 15) is 18.0 Å². The third-order valence-electron chi connectivity index (χ3n) is 5.93. The largest absolute Gasteiger partial charge is 0.337 e. The summed E-state index contributed by atoms with van der Waals surface area (Å²) in [5.74, 6) is 0.310. The first-order valence-electron chi connectivity index (χ1n) is 10.4. The first-order chi connectivity index (χ1) is 14.4. The van der Waals surface area contributed by atoms with E-state index in [1.54, 1.807) is 27.8 Å². The number of carbonyl (C=O) groups excluding carboxylic acids is 2. The summed E-state index contributed by atoms with van der Waals surface area (Å²) in [4.78, 5) is 27.0. The molecule has 0 bridgehead atoms. The Labute approximate surface area is 175 Å². The molecular weight excluding hydrogens is 404 g/mol. The van der Waals surface area contributed by atoms with Gasteiger partial charge in [0, 0.05) is 36.8 Å². The number of sulfone groups is 1. The molecule has 1 aliphatic heterocycles. The van der Waals surface area contributed by atoms with Gasteiger partial charge in [0.1, 0.15) is 0 Å². The van der Waals surface area contributed by atoms with Gasteiger partial charge in [-0.3, -0.25) is 9.59 Å². The van der Waals surface area contributed by atoms with Gasteiger partial charge in [-0.05, 0) is 49.9 Å². The maximum Gasteiger partial charge on any atom is 0.256 e. The molecule has 3 aliphatic rings. The third kappa shape index (κ3) is 3.98. The van der Waals surface area contributed by atoms with Crippen LogP contribution in [-0.2, 0) is 14.6 Å². The lowest BCUT2D eigenvalue weighted by molar-refractivity contribution is -0.117. The molecule has 0 unspecified atom stereocenters. The number of hydrogen-bond donors (Lipinski definition) is 1. The van der Waals surface area contributed by atoms with Crippen LogP contribution in [0.15, 0.2) is 30.5 Å². The molecule has 0 radical (unpaired) electrons. The summed E-state index contributed by atoms with van der Waals surface area (Å²) in [6, 6.07) is 7.16. The highest BCUT2D eigenvalue weighted by Crippen LogP contribution is 2.39. The Morgan fingerprint density at radius 3 is 2.43 bits per heavy atom. The predicted octanol–water partition coefficient (Wildman–Crippen LogP) is 1.97. The van der Waals surface area contributed by atoms with E-state index in [0.717, 1.165) is 31.4 Å². The Morgan fingerprint density at radius 2 is 1.77 bits per heavy atom. The quantitative estimate of drug-likeness (QED) is 0.785. The van der Waals surface area contributed by atoms with Gasteiger partial charge in [0.15, 0.2) is 9.84 Å². The maximum atomic E-state index is 13.2. The van der Waals surface area contributed by atoms with Crippen molar-refractivity contribution in [2.75, 3.05) is 29.9 Å². The summed E-state index contributed by atoms with van der Waals surface area (Å²) in [5, 5.41) is 7.59. The fourth-order valence-electron chi connectivity index (χ4n) is 3.72. The van der Waals surface area contributed by atoms with Gasteiger partial charge in [-0.2, -0.15) is 5.10 Å². The molecule has 8 nitrogen and oxygen atoms in total. The van der Waals surface area contributed by atoms with Crippen molar-refractivity contribution in [3.05, 3.63) is 41.7 Å². The second kappa shape index (κ2) is 7.23. The molecule has 1 aromatic heterocycles. The Morgan fingerprint density at radius 1 is 1.03 bits per heavy atom. The maximum absolute atomic E-state index is 13.2. The van der Waals surface area contributed by atoms with E-state index in [4.69, 9.17) is 0 Å². The van der Waals surface area contributed by atoms with Gasteiger partial charge >= 0.3 is 0 Å². The van der Waals surface area contributed by atoms with Gasteiger partial charge in [0.05, 0.1) is 28.5 Å². The number of nitrogens with zero attached hydrogens (tertiary/aromatic N) is 3. The minimum absolute atomic E-state index is 0.000369. The first kappa shape index (κ1) is 19.3. The standard InChI is InChI=1S/C21H24N4O4S/c26-20(15-3-4-15)22-16-5-6-17(21(27)24-9-11-30(28,29)12-10-24)19(13-16)25-8-7-18(23-25)14-1-2-14/h5-8,13-15H,1-4,9-12H2,(H,22,26). The zero-order valence-corrected chi connectivity index (χ0v) is 17.4. The van der Waals surface area contributed by atoms with Crippen molar-refractivity contribution in [2.45, 2.75) is 31.6 Å². The molecule has 158 valence electrons. The highest BCUT2D eigenvalue weighted by atomic mass is 32.2. The van der Waals surface area contributed by atoms with E-state index in [2.05, 4.69) is 10.4 Å². The van der Waals surface area contributed by atoms with E-state index in [-0.39, 0.29) is 42.3 Å². The molecule has 3 fully saturated rings. The van der Waals surface area contributed by atoms with E-state index in [1.165, 1.54) is 0 Å². The van der Waals surface area contributed by atoms with Gasteiger partial charge in [-0.15, -0.1) is 0 Å². The van der Waals surface area contributed by atoms with Crippen LogP contribution < -0.4 is 5.32 Å². The average Bonchev–Trinajstić information content (AvgIpc) is 3.65. The molecule has 1 N–H and O–H groups in total. The molecular formula is C21H24N4O4S. The summed E-state index contributed by atoms with van der Waals surface area (Å²) in [6.45, 7) is 0.375. The Bertz CT molecular complexity index is 1100. The summed E-state index contributed by atoms with van der Waals surface area (Å²) < 4.78 is 25.2. The van der Waals surface area contributed by atoms with Gasteiger partial charge in [-0.25, -0.2) is 13.1 Å². The third-order valence-corrected chi connectivity index (χ3v) is 7.54. The summed E-state index contributed by atoms with van der Waals surface area (Å²) in [5.41, 5.74) is 2.67. The molecule has 2 saturated carbocycles. The van der Waals surface area contributed by atoms with Crippen molar-refractivity contribution in [2.24, 2.45) is 5.92 Å². The fraction of sp³-hybridized carbons (Fsp3) is 0.476. The average molecular weight is 429 g/mol. The number of aromatic nitrogens is 2. The van der Waals surface area contributed by atoms with Crippen LogP contribution in [0.1, 0.15) is 47.7 Å². The van der Waals surface area contributed by atoms with Crippen LogP contribution >= 0.6 is 0 Å². The molecule has 9 heteroatoms. The van der Waals surface area contributed by atoms with Crippen LogP contribution in [0.25, 0.3) is 5.69 Å². The van der Waals surface area contributed by atoms with Crippen LogP contribution in [0, 0.1) is 5.92 Å². The summed E-state index contributed by atoms with van der Waals surface area (Å²) >= 11 is 0. The Kier molecular flexibility index (Phi) is 4.65. The molecule has 2 aliphatic carbocycles. The number of benzene rings is 1. The van der Waals surface area contributed by atoms with Crippen LogP contribution in [0.5, 0.6) is 0 Å². The Balaban J connectivity index is 1.46. The molecule has 0 atom stereocenters. The minimum Gasteiger partial charge on any atom is -0.337 e. The van der Waals surface area contributed by atoms with E-state index < -0.39 is 9.84 Å². The van der Waals surface area contributed by atoms with E-state index in [0.29, 0.717) is 22.9 Å². The molecule has 1 aromatic carbocycles. The molecule has 2 heterocycles. The fourth-order valence-corrected chi connectivity index (χ4v) is 4.93. The van der Waals surface area contributed by atoms with Crippen molar-refractivity contribution in [3.63, 3.8) is 0 Å². The van der Waals surface area contributed by atoms with Crippen molar-refractivity contribution < 1.29 is 18.0 Å². The lowest BCUT2D eigenvalue weighted by Gasteiger charge is -2.27. The molecule has 2 aromatic rings. The van der Waals surface area contributed by atoms with Crippen LogP contribution in [0.2, 0.25) is 0 Å². The highest BCUT2D eigenvalue weighted by Gasteiger charge is 2.31. The minimum atomic E-state index is -3.07. The number of rotatable bonds is 5. The van der Waals surface area contributed by atoms with Gasteiger partial charge in [0.25, 0.3) is 5.91 Å². The molecule has 0 spiro atoms. The van der Waals surface area contributed by atoms with Gasteiger partial charge < -0.3 is 10.2 Å². The second-order valence-electron chi connectivity index (χ2n) is 8.40. The monoisotopic (exact) mass is 428 g/mol. The molecule has 5 rings (SSSR count).